The van der Waals surface area contributed by atoms with Gasteiger partial charge in [0.1, 0.15) is 4.88 Å². The number of rotatable bonds is 2. The van der Waals surface area contributed by atoms with E-state index in [0.717, 1.165) is 32.4 Å². The molecule has 0 radical (unpaired) electrons. The Hall–Kier alpha value is -1.63. The number of nitrogens with one attached hydrogen (secondary N) is 2. The van der Waals surface area contributed by atoms with Crippen LogP contribution in [0.4, 0.5) is 9.93 Å². The maximum atomic E-state index is 12.3. The lowest BCUT2D eigenvalue weighted by Gasteiger charge is -2.23. The summed E-state index contributed by atoms with van der Waals surface area (Å²) in [6, 6.07) is -0.134. The van der Waals surface area contributed by atoms with E-state index in [2.05, 4.69) is 29.5 Å². The predicted octanol–water partition coefficient (Wildman–Crippen LogP) is 2.55. The highest BCUT2D eigenvalue weighted by molar-refractivity contribution is 7.17. The fourth-order valence-corrected chi connectivity index (χ4v) is 3.11. The number of aromatic nitrogens is 1. The van der Waals surface area contributed by atoms with Gasteiger partial charge in [-0.2, -0.15) is 0 Å². The predicted molar refractivity (Wildman–Crippen MR) is 83.7 cm³/mol. The summed E-state index contributed by atoms with van der Waals surface area (Å²) in [7, 11) is 1.57. The second-order valence-corrected chi connectivity index (χ2v) is 7.07. The zero-order chi connectivity index (χ0) is 15.5. The molecule has 1 aliphatic rings. The molecule has 2 N–H and O–H groups in total. The van der Waals surface area contributed by atoms with Crippen LogP contribution in [0, 0.1) is 5.41 Å². The Balaban J connectivity index is 1.95. The number of amides is 3. The zero-order valence-corrected chi connectivity index (χ0v) is 13.5. The molecule has 1 saturated heterocycles. The second kappa shape index (κ2) is 6.43. The molecule has 2 rings (SSSR count). The number of anilines is 1. The van der Waals surface area contributed by atoms with Gasteiger partial charge >= 0.3 is 6.03 Å². The van der Waals surface area contributed by atoms with Crippen molar-refractivity contribution in [3.63, 3.8) is 0 Å². The van der Waals surface area contributed by atoms with Crippen LogP contribution in [-0.4, -0.2) is 42.0 Å². The van der Waals surface area contributed by atoms with Gasteiger partial charge in [0.15, 0.2) is 5.13 Å². The van der Waals surface area contributed by atoms with Crippen molar-refractivity contribution < 1.29 is 9.59 Å². The van der Waals surface area contributed by atoms with Crippen LogP contribution in [0.25, 0.3) is 0 Å². The first-order valence-corrected chi connectivity index (χ1v) is 7.97. The molecule has 7 heteroatoms. The molecule has 1 aliphatic heterocycles. The lowest BCUT2D eigenvalue weighted by atomic mass is 9.85. The molecule has 0 aromatic carbocycles. The molecule has 0 atom stereocenters. The average molecular weight is 310 g/mol. The van der Waals surface area contributed by atoms with Crippen molar-refractivity contribution in [1.29, 1.82) is 0 Å². The van der Waals surface area contributed by atoms with Crippen LogP contribution in [0.2, 0.25) is 0 Å². The molecule has 1 fully saturated rings. The van der Waals surface area contributed by atoms with Gasteiger partial charge in [0.25, 0.3) is 5.91 Å². The molecule has 1 aromatic heterocycles. The van der Waals surface area contributed by atoms with Crippen molar-refractivity contribution in [2.75, 3.05) is 25.5 Å². The van der Waals surface area contributed by atoms with Gasteiger partial charge in [0.05, 0.1) is 6.20 Å². The normalized spacial score (nSPS) is 18.0. The van der Waals surface area contributed by atoms with Gasteiger partial charge in [-0.3, -0.25) is 10.1 Å². The number of thiazole rings is 1. The summed E-state index contributed by atoms with van der Waals surface area (Å²) in [5, 5.41) is 5.78. The molecule has 1 aromatic rings. The third-order valence-electron chi connectivity index (χ3n) is 3.80. The van der Waals surface area contributed by atoms with Gasteiger partial charge < -0.3 is 10.2 Å². The standard InChI is InChI=1S/C14H22N4O2S/c1-14(2)5-4-7-18(8-6-14)13(20)17-12-16-9-10(21-12)11(19)15-3/h9H,4-8H2,1-3H3,(H,15,19)(H,16,17,20). The molecular weight excluding hydrogens is 288 g/mol. The quantitative estimate of drug-likeness (QED) is 0.881. The average Bonchev–Trinajstić information content (AvgIpc) is 2.81. The van der Waals surface area contributed by atoms with E-state index in [-0.39, 0.29) is 11.9 Å². The minimum absolute atomic E-state index is 0.134. The van der Waals surface area contributed by atoms with E-state index < -0.39 is 0 Å². The Morgan fingerprint density at radius 1 is 1.33 bits per heavy atom. The molecule has 21 heavy (non-hydrogen) atoms. The number of carbonyl (C=O) groups is 2. The Morgan fingerprint density at radius 2 is 2.10 bits per heavy atom. The highest BCUT2D eigenvalue weighted by atomic mass is 32.1. The Morgan fingerprint density at radius 3 is 2.81 bits per heavy atom. The van der Waals surface area contributed by atoms with E-state index in [0.29, 0.717) is 15.4 Å². The molecule has 0 bridgehead atoms. The smallest absolute Gasteiger partial charge is 0.323 e. The summed E-state index contributed by atoms with van der Waals surface area (Å²) in [6.07, 6.45) is 4.63. The molecule has 0 aliphatic carbocycles. The summed E-state index contributed by atoms with van der Waals surface area (Å²) in [5.41, 5.74) is 0.294. The number of urea groups is 1. The minimum Gasteiger partial charge on any atom is -0.354 e. The van der Waals surface area contributed by atoms with E-state index >= 15 is 0 Å². The van der Waals surface area contributed by atoms with Gasteiger partial charge in [0.2, 0.25) is 0 Å². The number of hydrogen-bond acceptors (Lipinski definition) is 4. The number of nitrogens with zero attached hydrogens (tertiary/aromatic N) is 2. The molecule has 3 amide bonds. The van der Waals surface area contributed by atoms with Gasteiger partial charge in [-0.1, -0.05) is 25.2 Å². The second-order valence-electron chi connectivity index (χ2n) is 6.04. The summed E-state index contributed by atoms with van der Waals surface area (Å²) in [5.74, 6) is -0.190. The minimum atomic E-state index is -0.190. The number of likely N-dealkylation sites (tertiary alicyclic amines) is 1. The number of carbonyl (C=O) groups excluding carboxylic acids is 2. The largest absolute Gasteiger partial charge is 0.354 e. The summed E-state index contributed by atoms with van der Waals surface area (Å²) < 4.78 is 0. The topological polar surface area (TPSA) is 74.3 Å². The van der Waals surface area contributed by atoms with Crippen molar-refractivity contribution >= 4 is 28.4 Å². The van der Waals surface area contributed by atoms with E-state index in [1.54, 1.807) is 7.05 Å². The van der Waals surface area contributed by atoms with E-state index in [4.69, 9.17) is 0 Å². The SMILES string of the molecule is CNC(=O)c1cnc(NC(=O)N2CCCC(C)(C)CC2)s1. The van der Waals surface area contributed by atoms with Gasteiger partial charge in [-0.25, -0.2) is 9.78 Å². The molecule has 0 saturated carbocycles. The summed E-state index contributed by atoms with van der Waals surface area (Å²) in [6.45, 7) is 6.01. The lowest BCUT2D eigenvalue weighted by Crippen LogP contribution is -2.36. The van der Waals surface area contributed by atoms with Crippen molar-refractivity contribution in [3.8, 4) is 0 Å². The fraction of sp³-hybridized carbons (Fsp3) is 0.643. The molecule has 6 nitrogen and oxygen atoms in total. The third kappa shape index (κ3) is 4.17. The lowest BCUT2D eigenvalue weighted by molar-refractivity contribution is 0.0967. The highest BCUT2D eigenvalue weighted by Gasteiger charge is 2.25. The van der Waals surface area contributed by atoms with E-state index in [1.807, 2.05) is 4.90 Å². The van der Waals surface area contributed by atoms with Crippen molar-refractivity contribution in [2.24, 2.45) is 5.41 Å². The van der Waals surface area contributed by atoms with Gasteiger partial charge in [0, 0.05) is 20.1 Å². The third-order valence-corrected chi connectivity index (χ3v) is 4.71. The van der Waals surface area contributed by atoms with Crippen molar-refractivity contribution in [2.45, 2.75) is 33.1 Å². The van der Waals surface area contributed by atoms with E-state index in [1.165, 1.54) is 17.5 Å². The van der Waals surface area contributed by atoms with Crippen molar-refractivity contribution in [3.05, 3.63) is 11.1 Å². The van der Waals surface area contributed by atoms with E-state index in [9.17, 15) is 9.59 Å². The van der Waals surface area contributed by atoms with Gasteiger partial charge in [-0.15, -0.1) is 0 Å². The Bertz CT molecular complexity index is 527. The Labute approximate surface area is 128 Å². The first-order chi connectivity index (χ1) is 9.91. The van der Waals surface area contributed by atoms with Crippen LogP contribution < -0.4 is 10.6 Å². The van der Waals surface area contributed by atoms with Gasteiger partial charge in [-0.05, 0) is 24.7 Å². The molecular formula is C14H22N4O2S. The maximum absolute atomic E-state index is 12.3. The zero-order valence-electron chi connectivity index (χ0n) is 12.7. The van der Waals surface area contributed by atoms with Crippen LogP contribution in [-0.2, 0) is 0 Å². The fourth-order valence-electron chi connectivity index (χ4n) is 2.36. The first-order valence-electron chi connectivity index (χ1n) is 7.15. The van der Waals surface area contributed by atoms with Crippen molar-refractivity contribution in [1.82, 2.24) is 15.2 Å². The van der Waals surface area contributed by atoms with Crippen LogP contribution >= 0.6 is 11.3 Å². The molecule has 0 unspecified atom stereocenters. The summed E-state index contributed by atoms with van der Waals surface area (Å²) >= 11 is 1.18. The molecule has 2 heterocycles. The molecule has 116 valence electrons. The van der Waals surface area contributed by atoms with Crippen LogP contribution in [0.5, 0.6) is 0 Å². The van der Waals surface area contributed by atoms with Crippen LogP contribution in [0.15, 0.2) is 6.20 Å². The number of hydrogen-bond donors (Lipinski definition) is 2. The summed E-state index contributed by atoms with van der Waals surface area (Å²) in [4.78, 5) is 30.1. The molecule has 0 spiro atoms. The van der Waals surface area contributed by atoms with Crippen LogP contribution in [0.3, 0.4) is 0 Å². The highest BCUT2D eigenvalue weighted by Crippen LogP contribution is 2.30. The Kier molecular flexibility index (Phi) is 4.82. The first kappa shape index (κ1) is 15.8. The monoisotopic (exact) mass is 310 g/mol. The van der Waals surface area contributed by atoms with Crippen LogP contribution in [0.1, 0.15) is 42.8 Å². The maximum Gasteiger partial charge on any atom is 0.323 e.